The number of halogens is 1. The van der Waals surface area contributed by atoms with Crippen LogP contribution >= 0.6 is 0 Å². The molecule has 0 amide bonds. The summed E-state index contributed by atoms with van der Waals surface area (Å²) in [6.45, 7) is 1.59. The quantitative estimate of drug-likeness (QED) is 0.741. The molecule has 3 heteroatoms. The fraction of sp³-hybridized carbons (Fsp3) is 0.333. The summed E-state index contributed by atoms with van der Waals surface area (Å²) in [5.74, 6) is 1.11. The lowest BCUT2D eigenvalue weighted by atomic mass is 9.94. The highest BCUT2D eigenvalue weighted by molar-refractivity contribution is 5.21. The summed E-state index contributed by atoms with van der Waals surface area (Å²) in [5, 5.41) is 3.20. The van der Waals surface area contributed by atoms with Gasteiger partial charge in [0.2, 0.25) is 0 Å². The van der Waals surface area contributed by atoms with Crippen molar-refractivity contribution in [2.45, 2.75) is 18.8 Å². The topological polar surface area (TPSA) is 21.3 Å². The Morgan fingerprint density at radius 2 is 1.76 bits per heavy atom. The number of para-hydroxylation sites is 1. The molecule has 0 aromatic heterocycles. The molecule has 0 heterocycles. The van der Waals surface area contributed by atoms with Crippen molar-refractivity contribution in [1.29, 1.82) is 0 Å². The van der Waals surface area contributed by atoms with Crippen LogP contribution in [0.15, 0.2) is 54.6 Å². The second-order valence-corrected chi connectivity index (χ2v) is 5.11. The second kappa shape index (κ2) is 8.42. The molecule has 0 aliphatic carbocycles. The molecule has 0 bridgehead atoms. The Morgan fingerprint density at radius 1 is 1.05 bits per heavy atom. The smallest absolute Gasteiger partial charge is 0.123 e. The van der Waals surface area contributed by atoms with Gasteiger partial charge in [-0.2, -0.15) is 0 Å². The molecular formula is C18H22FNO. The third kappa shape index (κ3) is 5.20. The fourth-order valence-corrected chi connectivity index (χ4v) is 2.40. The minimum atomic E-state index is -0.186. The zero-order chi connectivity index (χ0) is 14.9. The number of rotatable bonds is 8. The van der Waals surface area contributed by atoms with Gasteiger partial charge in [0.15, 0.2) is 0 Å². The number of benzene rings is 2. The molecule has 1 atom stereocenters. The van der Waals surface area contributed by atoms with E-state index in [2.05, 4.69) is 5.32 Å². The highest BCUT2D eigenvalue weighted by Crippen LogP contribution is 2.21. The van der Waals surface area contributed by atoms with Gasteiger partial charge in [-0.1, -0.05) is 30.3 Å². The first-order valence-corrected chi connectivity index (χ1v) is 7.37. The molecule has 2 aromatic rings. The summed E-state index contributed by atoms with van der Waals surface area (Å²) >= 11 is 0. The Balaban J connectivity index is 1.81. The van der Waals surface area contributed by atoms with E-state index in [0.717, 1.165) is 25.1 Å². The van der Waals surface area contributed by atoms with Crippen LogP contribution in [0.25, 0.3) is 0 Å². The zero-order valence-corrected chi connectivity index (χ0v) is 12.4. The van der Waals surface area contributed by atoms with Gasteiger partial charge in [0.25, 0.3) is 0 Å². The minimum Gasteiger partial charge on any atom is -0.494 e. The van der Waals surface area contributed by atoms with Crippen LogP contribution in [0.3, 0.4) is 0 Å². The first kappa shape index (κ1) is 15.5. The summed E-state index contributed by atoms with van der Waals surface area (Å²) in [6.07, 6.45) is 1.98. The van der Waals surface area contributed by atoms with E-state index < -0.39 is 0 Å². The Bertz CT molecular complexity index is 513. The van der Waals surface area contributed by atoms with Gasteiger partial charge in [0.05, 0.1) is 6.61 Å². The molecule has 0 fully saturated rings. The first-order valence-electron chi connectivity index (χ1n) is 7.37. The van der Waals surface area contributed by atoms with Crippen molar-refractivity contribution in [2.75, 3.05) is 20.2 Å². The van der Waals surface area contributed by atoms with Crippen LogP contribution in [0.5, 0.6) is 5.75 Å². The number of ether oxygens (including phenoxy) is 1. The number of hydrogen-bond donors (Lipinski definition) is 1. The van der Waals surface area contributed by atoms with Gasteiger partial charge in [-0.25, -0.2) is 4.39 Å². The monoisotopic (exact) mass is 287 g/mol. The van der Waals surface area contributed by atoms with Gasteiger partial charge in [-0.3, -0.25) is 0 Å². The third-order valence-electron chi connectivity index (χ3n) is 3.50. The molecule has 2 nitrogen and oxygen atoms in total. The van der Waals surface area contributed by atoms with E-state index in [-0.39, 0.29) is 5.82 Å². The molecule has 1 unspecified atom stereocenters. The number of hydrogen-bond acceptors (Lipinski definition) is 2. The molecule has 0 aliphatic heterocycles. The van der Waals surface area contributed by atoms with Crippen molar-refractivity contribution in [1.82, 2.24) is 5.32 Å². The van der Waals surface area contributed by atoms with Gasteiger partial charge in [-0.15, -0.1) is 0 Å². The van der Waals surface area contributed by atoms with Crippen LogP contribution in [-0.2, 0) is 0 Å². The molecule has 1 N–H and O–H groups in total. The highest BCUT2D eigenvalue weighted by Gasteiger charge is 2.10. The molecular weight excluding hydrogens is 265 g/mol. The summed E-state index contributed by atoms with van der Waals surface area (Å²) in [7, 11) is 1.94. The van der Waals surface area contributed by atoms with Crippen LogP contribution in [0.4, 0.5) is 4.39 Å². The first-order chi connectivity index (χ1) is 10.3. The predicted octanol–water partition coefficient (Wildman–Crippen LogP) is 3.99. The Hall–Kier alpha value is -1.87. The van der Waals surface area contributed by atoms with E-state index in [4.69, 9.17) is 4.74 Å². The maximum atomic E-state index is 13.0. The number of likely N-dealkylation sites (N-methyl/N-ethyl adjacent to an activating group) is 1. The van der Waals surface area contributed by atoms with Crippen molar-refractivity contribution in [3.05, 3.63) is 66.0 Å². The van der Waals surface area contributed by atoms with E-state index in [0.29, 0.717) is 12.5 Å². The normalized spacial score (nSPS) is 12.1. The van der Waals surface area contributed by atoms with Crippen molar-refractivity contribution in [3.63, 3.8) is 0 Å². The Kier molecular flexibility index (Phi) is 6.22. The molecule has 0 saturated carbocycles. The van der Waals surface area contributed by atoms with Crippen molar-refractivity contribution >= 4 is 0 Å². The lowest BCUT2D eigenvalue weighted by Crippen LogP contribution is -2.18. The average molecular weight is 287 g/mol. The standard InChI is InChI=1S/C18H22FNO/c1-20-14-16(15-9-11-17(19)12-10-15)6-5-13-21-18-7-3-2-4-8-18/h2-4,7-12,16,20H,5-6,13-14H2,1H3. The Labute approximate surface area is 126 Å². The summed E-state index contributed by atoms with van der Waals surface area (Å²) < 4.78 is 18.7. The van der Waals surface area contributed by atoms with Crippen LogP contribution in [0.1, 0.15) is 24.3 Å². The molecule has 112 valence electrons. The SMILES string of the molecule is CNCC(CCCOc1ccccc1)c1ccc(F)cc1. The van der Waals surface area contributed by atoms with E-state index >= 15 is 0 Å². The average Bonchev–Trinajstić information content (AvgIpc) is 2.52. The zero-order valence-electron chi connectivity index (χ0n) is 12.4. The van der Waals surface area contributed by atoms with Crippen LogP contribution < -0.4 is 10.1 Å². The van der Waals surface area contributed by atoms with Gasteiger partial charge in [-0.05, 0) is 55.6 Å². The predicted molar refractivity (Wildman–Crippen MR) is 84.2 cm³/mol. The molecule has 2 rings (SSSR count). The third-order valence-corrected chi connectivity index (χ3v) is 3.50. The molecule has 21 heavy (non-hydrogen) atoms. The van der Waals surface area contributed by atoms with Crippen molar-refractivity contribution < 1.29 is 9.13 Å². The van der Waals surface area contributed by atoms with Gasteiger partial charge < -0.3 is 10.1 Å². The molecule has 0 spiro atoms. The summed E-state index contributed by atoms with van der Waals surface area (Å²) in [4.78, 5) is 0. The molecule has 2 aromatic carbocycles. The molecule has 0 saturated heterocycles. The van der Waals surface area contributed by atoms with Crippen LogP contribution in [0.2, 0.25) is 0 Å². The molecule has 0 aliphatic rings. The largest absolute Gasteiger partial charge is 0.494 e. The second-order valence-electron chi connectivity index (χ2n) is 5.11. The van der Waals surface area contributed by atoms with E-state index in [9.17, 15) is 4.39 Å². The van der Waals surface area contributed by atoms with Gasteiger partial charge >= 0.3 is 0 Å². The highest BCUT2D eigenvalue weighted by atomic mass is 19.1. The lowest BCUT2D eigenvalue weighted by Gasteiger charge is -2.17. The lowest BCUT2D eigenvalue weighted by molar-refractivity contribution is 0.301. The van der Waals surface area contributed by atoms with Gasteiger partial charge in [0.1, 0.15) is 11.6 Å². The van der Waals surface area contributed by atoms with Crippen LogP contribution in [0, 0.1) is 5.82 Å². The van der Waals surface area contributed by atoms with Gasteiger partial charge in [0, 0.05) is 6.54 Å². The van der Waals surface area contributed by atoms with Crippen LogP contribution in [-0.4, -0.2) is 20.2 Å². The maximum Gasteiger partial charge on any atom is 0.123 e. The minimum absolute atomic E-state index is 0.186. The van der Waals surface area contributed by atoms with Crippen molar-refractivity contribution in [3.8, 4) is 5.75 Å². The maximum absolute atomic E-state index is 13.0. The fourth-order valence-electron chi connectivity index (χ4n) is 2.40. The van der Waals surface area contributed by atoms with E-state index in [1.807, 2.05) is 49.5 Å². The summed E-state index contributed by atoms with van der Waals surface area (Å²) in [6, 6.07) is 16.6. The van der Waals surface area contributed by atoms with E-state index in [1.165, 1.54) is 17.7 Å². The van der Waals surface area contributed by atoms with E-state index in [1.54, 1.807) is 0 Å². The number of nitrogens with one attached hydrogen (secondary N) is 1. The summed E-state index contributed by atoms with van der Waals surface area (Å²) in [5.41, 5.74) is 1.17. The Morgan fingerprint density at radius 3 is 2.43 bits per heavy atom. The molecule has 0 radical (unpaired) electrons. The van der Waals surface area contributed by atoms with Crippen molar-refractivity contribution in [2.24, 2.45) is 0 Å².